The van der Waals surface area contributed by atoms with Gasteiger partial charge in [0.15, 0.2) is 5.13 Å². The number of benzene rings is 1. The van der Waals surface area contributed by atoms with Crippen LogP contribution in [0.2, 0.25) is 5.02 Å². The Morgan fingerprint density at radius 2 is 2.23 bits per heavy atom. The maximum atomic E-state index is 12.1. The highest BCUT2D eigenvalue weighted by Gasteiger charge is 2.20. The van der Waals surface area contributed by atoms with Crippen LogP contribution in [-0.2, 0) is 30.4 Å². The molecule has 1 aliphatic heterocycles. The number of amides is 1. The van der Waals surface area contributed by atoms with Gasteiger partial charge in [-0.15, -0.1) is 11.3 Å². The number of anilines is 2. The minimum absolute atomic E-state index is 0.0241. The van der Waals surface area contributed by atoms with Gasteiger partial charge in [0.2, 0.25) is 11.7 Å². The molecular weight excluding hydrogens is 380 g/mol. The van der Waals surface area contributed by atoms with Gasteiger partial charge in [0.1, 0.15) is 26.1 Å². The summed E-state index contributed by atoms with van der Waals surface area (Å²) in [5.74, 6) is -0.809. The summed E-state index contributed by atoms with van der Waals surface area (Å²) < 4.78 is 15.3. The molecule has 0 atom stereocenters. The van der Waals surface area contributed by atoms with Crippen molar-refractivity contribution in [3.8, 4) is 0 Å². The van der Waals surface area contributed by atoms with E-state index in [9.17, 15) is 9.59 Å². The molecule has 0 N–H and O–H groups in total. The smallest absolute Gasteiger partial charge is 0.377 e. The van der Waals surface area contributed by atoms with Crippen LogP contribution >= 0.6 is 22.9 Å². The third-order valence-corrected chi connectivity index (χ3v) is 4.42. The van der Waals surface area contributed by atoms with E-state index in [1.165, 1.54) is 29.4 Å². The number of nitrogens with zero attached hydrogens (tertiary/aromatic N) is 2. The Bertz CT molecular complexity index is 851. The van der Waals surface area contributed by atoms with Crippen molar-refractivity contribution in [3.63, 3.8) is 0 Å². The summed E-state index contributed by atoms with van der Waals surface area (Å²) in [5.41, 5.74) is 1.13. The first kappa shape index (κ1) is 18.2. The van der Waals surface area contributed by atoms with Crippen molar-refractivity contribution in [2.75, 3.05) is 18.1 Å². The van der Waals surface area contributed by atoms with Gasteiger partial charge in [0.25, 0.3) is 0 Å². The third kappa shape index (κ3) is 4.33. The summed E-state index contributed by atoms with van der Waals surface area (Å²) in [7, 11) is 0. The van der Waals surface area contributed by atoms with Crippen LogP contribution in [0.3, 0.4) is 0 Å². The molecule has 1 aromatic heterocycles. The molecule has 2 heterocycles. The highest BCUT2D eigenvalue weighted by atomic mass is 35.5. The molecule has 7 nitrogen and oxygen atoms in total. The van der Waals surface area contributed by atoms with Gasteiger partial charge in [-0.1, -0.05) is 17.7 Å². The summed E-state index contributed by atoms with van der Waals surface area (Å²) in [6.45, 7) is 2.10. The Labute approximate surface area is 158 Å². The van der Waals surface area contributed by atoms with E-state index in [2.05, 4.69) is 4.98 Å². The fourth-order valence-electron chi connectivity index (χ4n) is 2.19. The summed E-state index contributed by atoms with van der Waals surface area (Å²) in [6.07, 6.45) is 1.23. The third-order valence-electron chi connectivity index (χ3n) is 3.31. The fraction of sp³-hybridized carbons (Fsp3) is 0.235. The number of carbonyl (C=O) groups is 2. The van der Waals surface area contributed by atoms with E-state index < -0.39 is 5.97 Å². The summed E-state index contributed by atoms with van der Waals surface area (Å²) in [6, 6.07) is 6.92. The van der Waals surface area contributed by atoms with E-state index in [0.717, 1.165) is 0 Å². The highest BCUT2D eigenvalue weighted by molar-refractivity contribution is 7.14. The van der Waals surface area contributed by atoms with Gasteiger partial charge in [-0.05, 0) is 18.2 Å². The Morgan fingerprint density at radius 1 is 1.38 bits per heavy atom. The van der Waals surface area contributed by atoms with Crippen LogP contribution in [0.15, 0.2) is 41.7 Å². The van der Waals surface area contributed by atoms with Gasteiger partial charge in [-0.3, -0.25) is 9.69 Å². The lowest BCUT2D eigenvalue weighted by Gasteiger charge is -2.18. The molecule has 3 rings (SSSR count). The lowest BCUT2D eigenvalue weighted by molar-refractivity contribution is -0.146. The predicted molar refractivity (Wildman–Crippen MR) is 96.2 cm³/mol. The number of halogens is 1. The minimum atomic E-state index is -0.627. The lowest BCUT2D eigenvalue weighted by atomic mass is 10.3. The average molecular weight is 395 g/mol. The zero-order chi connectivity index (χ0) is 18.5. The second-order valence-electron chi connectivity index (χ2n) is 5.23. The first-order valence-corrected chi connectivity index (χ1v) is 8.92. The first-order valence-electron chi connectivity index (χ1n) is 7.67. The Balaban J connectivity index is 1.70. The molecule has 26 heavy (non-hydrogen) atoms. The van der Waals surface area contributed by atoms with E-state index in [4.69, 9.17) is 25.8 Å². The van der Waals surface area contributed by atoms with E-state index in [1.807, 2.05) is 0 Å². The van der Waals surface area contributed by atoms with Crippen molar-refractivity contribution >= 4 is 45.6 Å². The van der Waals surface area contributed by atoms with Crippen molar-refractivity contribution in [2.45, 2.75) is 13.5 Å². The van der Waals surface area contributed by atoms with E-state index in [1.54, 1.807) is 29.6 Å². The number of carbonyl (C=O) groups excluding carboxylic acids is 2. The zero-order valence-electron chi connectivity index (χ0n) is 13.8. The van der Waals surface area contributed by atoms with Gasteiger partial charge in [0.05, 0.1) is 11.4 Å². The second-order valence-corrected chi connectivity index (χ2v) is 6.51. The molecule has 0 bridgehead atoms. The number of ether oxygens (including phenoxy) is 3. The number of hydrogen-bond acceptors (Lipinski definition) is 7. The molecule has 0 fully saturated rings. The maximum absolute atomic E-state index is 12.1. The van der Waals surface area contributed by atoms with Gasteiger partial charge >= 0.3 is 5.97 Å². The number of thiazole rings is 1. The molecule has 136 valence electrons. The monoisotopic (exact) mass is 394 g/mol. The molecule has 0 spiro atoms. The van der Waals surface area contributed by atoms with Crippen LogP contribution in [0.1, 0.15) is 12.6 Å². The van der Waals surface area contributed by atoms with E-state index >= 15 is 0 Å². The van der Waals surface area contributed by atoms with E-state index in [0.29, 0.717) is 34.7 Å². The van der Waals surface area contributed by atoms with Gasteiger partial charge in [-0.2, -0.15) is 0 Å². The van der Waals surface area contributed by atoms with Crippen LogP contribution in [-0.4, -0.2) is 30.1 Å². The number of hydrogen-bond donors (Lipinski definition) is 0. The Kier molecular flexibility index (Phi) is 5.75. The highest BCUT2D eigenvalue weighted by Crippen LogP contribution is 2.30. The quantitative estimate of drug-likeness (QED) is 0.723. The Hall–Kier alpha value is -2.58. The van der Waals surface area contributed by atoms with Crippen LogP contribution in [0, 0.1) is 0 Å². The van der Waals surface area contributed by atoms with Crippen molar-refractivity contribution < 1.29 is 23.8 Å². The number of aromatic nitrogens is 1. The zero-order valence-corrected chi connectivity index (χ0v) is 15.4. The summed E-state index contributed by atoms with van der Waals surface area (Å²) in [5, 5.41) is 2.69. The van der Waals surface area contributed by atoms with Crippen LogP contribution in [0.4, 0.5) is 10.8 Å². The van der Waals surface area contributed by atoms with Crippen LogP contribution in [0.5, 0.6) is 0 Å². The molecule has 1 aromatic carbocycles. The van der Waals surface area contributed by atoms with Crippen molar-refractivity contribution in [1.82, 2.24) is 4.98 Å². The topological polar surface area (TPSA) is 78.0 Å². The SMILES string of the molecule is CC(=O)N(c1cccc(Cl)c1)c1nc(COC(=O)C2=COCCO2)cs1. The van der Waals surface area contributed by atoms with Crippen molar-refractivity contribution in [3.05, 3.63) is 52.4 Å². The Morgan fingerprint density at radius 3 is 2.92 bits per heavy atom. The van der Waals surface area contributed by atoms with Gasteiger partial charge in [-0.25, -0.2) is 9.78 Å². The van der Waals surface area contributed by atoms with E-state index in [-0.39, 0.29) is 18.3 Å². The molecular formula is C17H15ClN2O5S. The fourth-order valence-corrected chi connectivity index (χ4v) is 3.25. The number of esters is 1. The molecule has 1 aliphatic rings. The predicted octanol–water partition coefficient (Wildman–Crippen LogP) is 3.41. The molecule has 1 amide bonds. The van der Waals surface area contributed by atoms with Gasteiger partial charge < -0.3 is 14.2 Å². The number of rotatable bonds is 5. The molecule has 0 unspecified atom stereocenters. The standard InChI is InChI=1S/C17H15ClN2O5S/c1-11(21)20(14-4-2-3-12(18)7-14)17-19-13(10-26-17)8-25-16(22)15-9-23-5-6-24-15/h2-4,7,9-10H,5-6,8H2,1H3. The summed E-state index contributed by atoms with van der Waals surface area (Å²) >= 11 is 7.27. The van der Waals surface area contributed by atoms with Crippen LogP contribution in [0.25, 0.3) is 0 Å². The molecule has 2 aromatic rings. The normalized spacial score (nSPS) is 13.2. The second kappa shape index (κ2) is 8.20. The van der Waals surface area contributed by atoms with Crippen molar-refractivity contribution in [1.29, 1.82) is 0 Å². The summed E-state index contributed by atoms with van der Waals surface area (Å²) in [4.78, 5) is 29.8. The largest absolute Gasteiger partial charge is 0.493 e. The average Bonchev–Trinajstić information content (AvgIpc) is 3.09. The van der Waals surface area contributed by atoms with Gasteiger partial charge in [0, 0.05) is 17.3 Å². The maximum Gasteiger partial charge on any atom is 0.377 e. The lowest BCUT2D eigenvalue weighted by Crippen LogP contribution is -2.22. The minimum Gasteiger partial charge on any atom is -0.493 e. The van der Waals surface area contributed by atoms with Crippen molar-refractivity contribution in [2.24, 2.45) is 0 Å². The molecule has 0 radical (unpaired) electrons. The molecule has 0 aliphatic carbocycles. The van der Waals surface area contributed by atoms with Crippen LogP contribution < -0.4 is 4.90 Å². The molecule has 0 saturated carbocycles. The molecule has 9 heteroatoms. The molecule has 0 saturated heterocycles. The first-order chi connectivity index (χ1) is 12.5.